The summed E-state index contributed by atoms with van der Waals surface area (Å²) in [6.45, 7) is 5.99. The maximum atomic E-state index is 5.63. The molecule has 0 aromatic carbocycles. The fourth-order valence-electron chi connectivity index (χ4n) is 2.15. The van der Waals surface area contributed by atoms with Gasteiger partial charge < -0.3 is 20.1 Å². The quantitative estimate of drug-likeness (QED) is 0.249. The zero-order chi connectivity index (χ0) is 16.3. The van der Waals surface area contributed by atoms with Crippen molar-refractivity contribution in [2.24, 2.45) is 10.9 Å². The molecule has 0 aliphatic heterocycles. The Hall–Kier alpha value is -1.09. The van der Waals surface area contributed by atoms with Crippen molar-refractivity contribution in [2.45, 2.75) is 32.7 Å². The third-order valence-corrected chi connectivity index (χ3v) is 3.60. The fourth-order valence-corrected chi connectivity index (χ4v) is 2.15. The molecule has 7 heteroatoms. The van der Waals surface area contributed by atoms with Gasteiger partial charge in [-0.3, -0.25) is 0 Å². The van der Waals surface area contributed by atoms with Crippen molar-refractivity contribution in [3.8, 4) is 5.88 Å². The minimum Gasteiger partial charge on any atom is -0.481 e. The van der Waals surface area contributed by atoms with E-state index >= 15 is 0 Å². The van der Waals surface area contributed by atoms with E-state index in [4.69, 9.17) is 9.47 Å². The van der Waals surface area contributed by atoms with Crippen molar-refractivity contribution in [1.82, 2.24) is 15.6 Å². The number of halogens is 1. The van der Waals surface area contributed by atoms with Gasteiger partial charge in [-0.15, -0.1) is 24.0 Å². The number of aromatic nitrogens is 1. The van der Waals surface area contributed by atoms with Crippen LogP contribution in [0.15, 0.2) is 23.3 Å². The summed E-state index contributed by atoms with van der Waals surface area (Å²) in [4.78, 5) is 8.77. The van der Waals surface area contributed by atoms with Gasteiger partial charge in [0.2, 0.25) is 5.88 Å². The first-order chi connectivity index (χ1) is 11.3. The second kappa shape index (κ2) is 12.3. The van der Waals surface area contributed by atoms with Crippen LogP contribution < -0.4 is 15.4 Å². The van der Waals surface area contributed by atoms with Crippen LogP contribution >= 0.6 is 24.0 Å². The van der Waals surface area contributed by atoms with Crippen LogP contribution in [0.3, 0.4) is 0 Å². The predicted molar refractivity (Wildman–Crippen MR) is 107 cm³/mol. The fraction of sp³-hybridized carbons (Fsp3) is 0.647. The first kappa shape index (κ1) is 21.0. The van der Waals surface area contributed by atoms with E-state index < -0.39 is 0 Å². The number of nitrogens with one attached hydrogen (secondary N) is 2. The summed E-state index contributed by atoms with van der Waals surface area (Å²) < 4.78 is 10.9. The Bertz CT molecular complexity index is 495. The van der Waals surface area contributed by atoms with Crippen LogP contribution in [0, 0.1) is 5.92 Å². The average Bonchev–Trinajstić information content (AvgIpc) is 3.40. The number of pyridine rings is 1. The molecule has 1 aliphatic carbocycles. The van der Waals surface area contributed by atoms with Gasteiger partial charge in [0.1, 0.15) is 0 Å². The molecule has 0 atom stereocenters. The highest BCUT2D eigenvalue weighted by atomic mass is 127. The van der Waals surface area contributed by atoms with Crippen LogP contribution in [0.4, 0.5) is 0 Å². The number of guanidine groups is 1. The average molecular weight is 448 g/mol. The molecule has 2 rings (SSSR count). The summed E-state index contributed by atoms with van der Waals surface area (Å²) in [7, 11) is 1.63. The molecule has 2 N–H and O–H groups in total. The lowest BCUT2D eigenvalue weighted by Gasteiger charge is -2.12. The number of rotatable bonds is 10. The van der Waals surface area contributed by atoms with Gasteiger partial charge in [-0.1, -0.05) is 6.07 Å². The normalized spacial score (nSPS) is 14.0. The highest BCUT2D eigenvalue weighted by Gasteiger charge is 2.20. The van der Waals surface area contributed by atoms with E-state index in [1.54, 1.807) is 13.3 Å². The lowest BCUT2D eigenvalue weighted by atomic mass is 10.3. The summed E-state index contributed by atoms with van der Waals surface area (Å²) in [6, 6.07) is 3.87. The van der Waals surface area contributed by atoms with Crippen LogP contribution in [0.1, 0.15) is 31.7 Å². The number of methoxy groups -OCH3 is 1. The molecule has 0 saturated heterocycles. The van der Waals surface area contributed by atoms with Crippen molar-refractivity contribution in [3.63, 3.8) is 0 Å². The van der Waals surface area contributed by atoms with Crippen LogP contribution in [0.2, 0.25) is 0 Å². The molecule has 1 aromatic rings. The molecular formula is C17H29IN4O2. The zero-order valence-electron chi connectivity index (χ0n) is 14.6. The molecule has 0 amide bonds. The Kier molecular flexibility index (Phi) is 10.7. The number of aliphatic imine (C=N–C) groups is 1. The van der Waals surface area contributed by atoms with Gasteiger partial charge in [0.15, 0.2) is 5.96 Å². The first-order valence-corrected chi connectivity index (χ1v) is 8.41. The first-order valence-electron chi connectivity index (χ1n) is 8.41. The van der Waals surface area contributed by atoms with E-state index in [9.17, 15) is 0 Å². The van der Waals surface area contributed by atoms with Gasteiger partial charge in [-0.05, 0) is 38.2 Å². The van der Waals surface area contributed by atoms with Crippen molar-refractivity contribution in [1.29, 1.82) is 0 Å². The van der Waals surface area contributed by atoms with Crippen LogP contribution in [0.5, 0.6) is 5.88 Å². The molecular weight excluding hydrogens is 419 g/mol. The van der Waals surface area contributed by atoms with Gasteiger partial charge in [0, 0.05) is 38.1 Å². The summed E-state index contributed by atoms with van der Waals surface area (Å²) in [6.07, 6.45) is 5.38. The smallest absolute Gasteiger partial charge is 0.218 e. The zero-order valence-corrected chi connectivity index (χ0v) is 16.9. The molecule has 1 aliphatic rings. The van der Waals surface area contributed by atoms with Gasteiger partial charge in [0.25, 0.3) is 0 Å². The van der Waals surface area contributed by atoms with E-state index in [1.165, 1.54) is 12.8 Å². The van der Waals surface area contributed by atoms with E-state index in [-0.39, 0.29) is 24.0 Å². The molecule has 0 radical (unpaired) electrons. The molecule has 0 unspecified atom stereocenters. The Balaban J connectivity index is 0.00000288. The molecule has 24 heavy (non-hydrogen) atoms. The van der Waals surface area contributed by atoms with Gasteiger partial charge >= 0.3 is 0 Å². The standard InChI is InChI=1S/C17H28N4O2.HI/c1-3-18-17(20-10-5-11-23-13-14-7-8-14)21-12-15-6-4-9-19-16(15)22-2;/h4,6,9,14H,3,5,7-8,10-13H2,1-2H3,(H2,18,20,21);1H. The van der Waals surface area contributed by atoms with Crippen LogP contribution in [-0.2, 0) is 11.3 Å². The summed E-state index contributed by atoms with van der Waals surface area (Å²) in [5.74, 6) is 2.26. The maximum absolute atomic E-state index is 5.63. The lowest BCUT2D eigenvalue weighted by molar-refractivity contribution is 0.123. The number of nitrogens with zero attached hydrogens (tertiary/aromatic N) is 2. The molecule has 1 saturated carbocycles. The SMILES string of the molecule is CCNC(=NCc1cccnc1OC)NCCCOCC1CC1.I. The van der Waals surface area contributed by atoms with Gasteiger partial charge in [0.05, 0.1) is 13.7 Å². The third-order valence-electron chi connectivity index (χ3n) is 3.60. The molecule has 0 bridgehead atoms. The predicted octanol–water partition coefficient (Wildman–Crippen LogP) is 2.58. The Labute approximate surface area is 161 Å². The Morgan fingerprint density at radius 2 is 2.21 bits per heavy atom. The van der Waals surface area contributed by atoms with Crippen molar-refractivity contribution in [2.75, 3.05) is 33.4 Å². The monoisotopic (exact) mass is 448 g/mol. The van der Waals surface area contributed by atoms with E-state index in [1.807, 2.05) is 12.1 Å². The third kappa shape index (κ3) is 8.14. The van der Waals surface area contributed by atoms with E-state index in [0.29, 0.717) is 12.4 Å². The highest BCUT2D eigenvalue weighted by Crippen LogP contribution is 2.28. The molecule has 0 spiro atoms. The van der Waals surface area contributed by atoms with Crippen molar-refractivity contribution < 1.29 is 9.47 Å². The molecule has 1 heterocycles. The van der Waals surface area contributed by atoms with Crippen molar-refractivity contribution >= 4 is 29.9 Å². The Morgan fingerprint density at radius 1 is 1.38 bits per heavy atom. The largest absolute Gasteiger partial charge is 0.481 e. The Morgan fingerprint density at radius 3 is 2.92 bits per heavy atom. The van der Waals surface area contributed by atoms with Crippen molar-refractivity contribution in [3.05, 3.63) is 23.9 Å². The molecule has 136 valence electrons. The summed E-state index contributed by atoms with van der Waals surface area (Å²) in [5, 5.41) is 6.58. The summed E-state index contributed by atoms with van der Waals surface area (Å²) >= 11 is 0. The minimum absolute atomic E-state index is 0. The lowest BCUT2D eigenvalue weighted by Crippen LogP contribution is -2.38. The van der Waals surface area contributed by atoms with Gasteiger partial charge in [-0.2, -0.15) is 0 Å². The van der Waals surface area contributed by atoms with E-state index in [2.05, 4.69) is 27.5 Å². The highest BCUT2D eigenvalue weighted by molar-refractivity contribution is 14.0. The second-order valence-electron chi connectivity index (χ2n) is 5.67. The van der Waals surface area contributed by atoms with Crippen LogP contribution in [-0.4, -0.2) is 44.4 Å². The van der Waals surface area contributed by atoms with Crippen LogP contribution in [0.25, 0.3) is 0 Å². The summed E-state index contributed by atoms with van der Waals surface area (Å²) in [5.41, 5.74) is 0.972. The van der Waals surface area contributed by atoms with Gasteiger partial charge in [-0.25, -0.2) is 9.98 Å². The molecule has 1 aromatic heterocycles. The topological polar surface area (TPSA) is 67.8 Å². The molecule has 6 nitrogen and oxygen atoms in total. The number of hydrogen-bond acceptors (Lipinski definition) is 4. The second-order valence-corrected chi connectivity index (χ2v) is 5.67. The number of hydrogen-bond donors (Lipinski definition) is 2. The minimum atomic E-state index is 0. The van der Waals surface area contributed by atoms with E-state index in [0.717, 1.165) is 50.2 Å². The number of ether oxygens (including phenoxy) is 2. The molecule has 1 fully saturated rings. The maximum Gasteiger partial charge on any atom is 0.218 e.